The van der Waals surface area contributed by atoms with Gasteiger partial charge in [-0.3, -0.25) is 20.5 Å². The number of anilines is 1. The van der Waals surface area contributed by atoms with Crippen LogP contribution in [0.2, 0.25) is 0 Å². The molecule has 1 heterocycles. The van der Waals surface area contributed by atoms with Gasteiger partial charge in [-0.1, -0.05) is 12.1 Å². The van der Waals surface area contributed by atoms with Crippen molar-refractivity contribution in [2.45, 2.75) is 43.2 Å². The number of hydrogen-bond acceptors (Lipinski definition) is 5. The van der Waals surface area contributed by atoms with Gasteiger partial charge in [0.05, 0.1) is 10.6 Å². The maximum atomic E-state index is 12.5. The Balaban J connectivity index is 1.33. The molecule has 2 aliphatic rings. The van der Waals surface area contributed by atoms with E-state index in [1.807, 2.05) is 18.2 Å². The van der Waals surface area contributed by atoms with Crippen molar-refractivity contribution in [3.05, 3.63) is 59.7 Å². The van der Waals surface area contributed by atoms with Gasteiger partial charge in [0.25, 0.3) is 5.91 Å². The van der Waals surface area contributed by atoms with Crippen molar-refractivity contribution in [3.8, 4) is 0 Å². The van der Waals surface area contributed by atoms with E-state index in [1.54, 1.807) is 18.2 Å². The summed E-state index contributed by atoms with van der Waals surface area (Å²) >= 11 is 0. The quantitative estimate of drug-likeness (QED) is 0.578. The van der Waals surface area contributed by atoms with E-state index in [1.165, 1.54) is 25.0 Å². The van der Waals surface area contributed by atoms with Crippen LogP contribution in [0, 0.1) is 0 Å². The molecule has 7 nitrogen and oxygen atoms in total. The molecule has 1 amide bonds. The molecule has 3 N–H and O–H groups in total. The van der Waals surface area contributed by atoms with Crippen LogP contribution in [0.1, 0.15) is 41.6 Å². The van der Waals surface area contributed by atoms with Crippen molar-refractivity contribution in [3.63, 3.8) is 0 Å². The first-order valence-corrected chi connectivity index (χ1v) is 11.5. The predicted molar refractivity (Wildman–Crippen MR) is 112 cm³/mol. The lowest BCUT2D eigenvalue weighted by Gasteiger charge is -2.15. The lowest BCUT2D eigenvalue weighted by atomic mass is 10.1. The van der Waals surface area contributed by atoms with Gasteiger partial charge in [0.1, 0.15) is 0 Å². The Kier molecular flexibility index (Phi) is 5.84. The predicted octanol–water partition coefficient (Wildman–Crippen LogP) is 2.48. The molecule has 1 saturated carbocycles. The number of sulfonamides is 1. The first kappa shape index (κ1) is 19.9. The van der Waals surface area contributed by atoms with Crippen LogP contribution < -0.4 is 15.6 Å². The zero-order valence-electron chi connectivity index (χ0n) is 16.2. The molecule has 0 unspecified atom stereocenters. The minimum absolute atomic E-state index is 0.0679. The molecular weight excluding hydrogens is 388 g/mol. The van der Waals surface area contributed by atoms with Gasteiger partial charge in [0, 0.05) is 18.2 Å². The Morgan fingerprint density at radius 3 is 2.45 bits per heavy atom. The lowest BCUT2D eigenvalue weighted by molar-refractivity contribution is 0.0962. The van der Waals surface area contributed by atoms with Crippen LogP contribution in [0.3, 0.4) is 0 Å². The minimum atomic E-state index is -3.47. The molecule has 8 heteroatoms. The fourth-order valence-electron chi connectivity index (χ4n) is 3.42. The number of nitrogens with one attached hydrogen (secondary N) is 3. The number of rotatable bonds is 8. The normalized spacial score (nSPS) is 17.2. The Bertz CT molecular complexity index is 966. The minimum Gasteiger partial charge on any atom is -0.299 e. The smallest absolute Gasteiger partial charge is 0.269 e. The molecule has 2 aromatic rings. The Morgan fingerprint density at radius 1 is 1.03 bits per heavy atom. The first-order chi connectivity index (χ1) is 14.0. The molecule has 0 atom stereocenters. The fraction of sp³-hybridized carbons (Fsp3) is 0.381. The number of carbonyl (C=O) groups excluding carboxylic acids is 1. The molecule has 0 bridgehead atoms. The van der Waals surface area contributed by atoms with Gasteiger partial charge in [0.15, 0.2) is 0 Å². The van der Waals surface area contributed by atoms with Crippen LogP contribution in [-0.2, 0) is 16.6 Å². The van der Waals surface area contributed by atoms with Crippen molar-refractivity contribution in [2.24, 2.45) is 0 Å². The van der Waals surface area contributed by atoms with E-state index in [0.29, 0.717) is 11.3 Å². The van der Waals surface area contributed by atoms with Crippen LogP contribution >= 0.6 is 0 Å². The number of carbonyl (C=O) groups is 1. The maximum Gasteiger partial charge on any atom is 0.269 e. The summed E-state index contributed by atoms with van der Waals surface area (Å²) in [5, 5.41) is 0. The van der Waals surface area contributed by atoms with Gasteiger partial charge in [-0.2, -0.15) is 0 Å². The van der Waals surface area contributed by atoms with E-state index in [4.69, 9.17) is 0 Å². The van der Waals surface area contributed by atoms with Crippen LogP contribution in [0.25, 0.3) is 0 Å². The zero-order chi connectivity index (χ0) is 20.3. The highest BCUT2D eigenvalue weighted by Crippen LogP contribution is 2.22. The van der Waals surface area contributed by atoms with Crippen LogP contribution in [0.5, 0.6) is 0 Å². The van der Waals surface area contributed by atoms with E-state index in [2.05, 4.69) is 20.5 Å². The third kappa shape index (κ3) is 5.35. The zero-order valence-corrected chi connectivity index (χ0v) is 17.0. The SMILES string of the molecule is O=C(NNc1ccc(S(=O)(=O)NC2CC2)cc1)c1cccc(CN2CCCC2)c1. The summed E-state index contributed by atoms with van der Waals surface area (Å²) in [6.45, 7) is 3.08. The Labute approximate surface area is 171 Å². The summed E-state index contributed by atoms with van der Waals surface area (Å²) < 4.78 is 27.0. The van der Waals surface area contributed by atoms with Gasteiger partial charge in [-0.15, -0.1) is 0 Å². The molecule has 2 fully saturated rings. The van der Waals surface area contributed by atoms with Crippen LogP contribution in [0.4, 0.5) is 5.69 Å². The molecule has 2 aromatic carbocycles. The molecule has 0 radical (unpaired) electrons. The van der Waals surface area contributed by atoms with E-state index in [-0.39, 0.29) is 16.8 Å². The number of amides is 1. The third-order valence-electron chi connectivity index (χ3n) is 5.18. The fourth-order valence-corrected chi connectivity index (χ4v) is 4.72. The maximum absolute atomic E-state index is 12.5. The highest BCUT2D eigenvalue weighted by atomic mass is 32.2. The molecule has 1 aliphatic carbocycles. The Morgan fingerprint density at radius 2 is 1.76 bits per heavy atom. The summed E-state index contributed by atoms with van der Waals surface area (Å²) in [7, 11) is -3.47. The number of benzene rings is 2. The molecule has 0 aromatic heterocycles. The van der Waals surface area contributed by atoms with Crippen molar-refractivity contribution >= 4 is 21.6 Å². The third-order valence-corrected chi connectivity index (χ3v) is 6.71. The van der Waals surface area contributed by atoms with Gasteiger partial charge in [0.2, 0.25) is 10.0 Å². The van der Waals surface area contributed by atoms with Crippen LogP contribution in [0.15, 0.2) is 53.4 Å². The van der Waals surface area contributed by atoms with Gasteiger partial charge >= 0.3 is 0 Å². The van der Waals surface area contributed by atoms with E-state index < -0.39 is 10.0 Å². The van der Waals surface area contributed by atoms with Crippen molar-refractivity contribution in [1.29, 1.82) is 0 Å². The molecule has 29 heavy (non-hydrogen) atoms. The topological polar surface area (TPSA) is 90.5 Å². The number of nitrogens with zero attached hydrogens (tertiary/aromatic N) is 1. The second-order valence-corrected chi connectivity index (χ2v) is 9.40. The van der Waals surface area contributed by atoms with Gasteiger partial charge in [-0.25, -0.2) is 13.1 Å². The summed E-state index contributed by atoms with van der Waals surface area (Å²) in [5.74, 6) is -0.236. The second-order valence-electron chi connectivity index (χ2n) is 7.68. The van der Waals surface area contributed by atoms with Crippen LogP contribution in [-0.4, -0.2) is 38.4 Å². The summed E-state index contributed by atoms with van der Waals surface area (Å²) in [5.41, 5.74) is 7.83. The molecule has 0 spiro atoms. The van der Waals surface area contributed by atoms with E-state index in [9.17, 15) is 13.2 Å². The average Bonchev–Trinajstić information content (AvgIpc) is 3.37. The molecule has 1 saturated heterocycles. The highest BCUT2D eigenvalue weighted by molar-refractivity contribution is 7.89. The summed E-state index contributed by atoms with van der Waals surface area (Å²) in [6, 6.07) is 14.0. The van der Waals surface area contributed by atoms with Gasteiger partial charge < -0.3 is 0 Å². The van der Waals surface area contributed by atoms with Gasteiger partial charge in [-0.05, 0) is 80.7 Å². The van der Waals surface area contributed by atoms with Crippen molar-refractivity contribution in [2.75, 3.05) is 18.5 Å². The largest absolute Gasteiger partial charge is 0.299 e. The number of likely N-dealkylation sites (tertiary alicyclic amines) is 1. The lowest BCUT2D eigenvalue weighted by Crippen LogP contribution is -2.29. The summed E-state index contributed by atoms with van der Waals surface area (Å²) in [4.78, 5) is 15.1. The highest BCUT2D eigenvalue weighted by Gasteiger charge is 2.27. The molecular formula is C21H26N4O3S. The summed E-state index contributed by atoms with van der Waals surface area (Å²) in [6.07, 6.45) is 4.26. The van der Waals surface area contributed by atoms with E-state index in [0.717, 1.165) is 38.0 Å². The average molecular weight is 415 g/mol. The molecule has 1 aliphatic heterocycles. The monoisotopic (exact) mass is 414 g/mol. The second kappa shape index (κ2) is 8.52. The number of hydrazine groups is 1. The number of hydrogen-bond donors (Lipinski definition) is 3. The first-order valence-electron chi connectivity index (χ1n) is 10.00. The van der Waals surface area contributed by atoms with Crippen molar-refractivity contribution < 1.29 is 13.2 Å². The van der Waals surface area contributed by atoms with Crippen molar-refractivity contribution in [1.82, 2.24) is 15.0 Å². The van der Waals surface area contributed by atoms with E-state index >= 15 is 0 Å². The Hall–Kier alpha value is -2.42. The standard InChI is InChI=1S/C21H26N4O3S/c26-21(17-5-3-4-16(14-17)15-25-12-1-2-13-25)23-22-18-8-10-20(11-9-18)29(27,28)24-19-6-7-19/h3-5,8-11,14,19,22,24H,1-2,6-7,12-13,15H2,(H,23,26). The molecule has 154 valence electrons. The molecule has 4 rings (SSSR count).